The summed E-state index contributed by atoms with van der Waals surface area (Å²) in [6.07, 6.45) is 6.33. The van der Waals surface area contributed by atoms with E-state index in [2.05, 4.69) is 22.3 Å². The molecule has 0 aromatic heterocycles. The van der Waals surface area contributed by atoms with E-state index in [4.69, 9.17) is 4.99 Å². The van der Waals surface area contributed by atoms with Gasteiger partial charge in [-0.2, -0.15) is 0 Å². The first-order valence-corrected chi connectivity index (χ1v) is 10.1. The van der Waals surface area contributed by atoms with Gasteiger partial charge in [-0.15, -0.1) is 0 Å². The Morgan fingerprint density at radius 1 is 1.09 bits per heavy atom. The van der Waals surface area contributed by atoms with E-state index in [9.17, 15) is 8.42 Å². The van der Waals surface area contributed by atoms with Gasteiger partial charge in [0, 0.05) is 26.2 Å². The van der Waals surface area contributed by atoms with Crippen LogP contribution in [0.1, 0.15) is 52.9 Å². The van der Waals surface area contributed by atoms with Gasteiger partial charge in [0.1, 0.15) is 0 Å². The van der Waals surface area contributed by atoms with Crippen molar-refractivity contribution in [3.05, 3.63) is 0 Å². The Morgan fingerprint density at radius 2 is 1.77 bits per heavy atom. The first-order chi connectivity index (χ1) is 10.5. The van der Waals surface area contributed by atoms with Crippen LogP contribution in [-0.2, 0) is 10.0 Å². The lowest BCUT2D eigenvalue weighted by molar-refractivity contribution is 0.297. The van der Waals surface area contributed by atoms with Crippen molar-refractivity contribution in [1.29, 1.82) is 0 Å². The van der Waals surface area contributed by atoms with Gasteiger partial charge in [0.15, 0.2) is 5.96 Å². The van der Waals surface area contributed by atoms with E-state index in [1.807, 2.05) is 6.92 Å². The number of hydrogen-bond acceptors (Lipinski definition) is 3. The van der Waals surface area contributed by atoms with Crippen molar-refractivity contribution in [2.24, 2.45) is 10.4 Å². The zero-order valence-electron chi connectivity index (χ0n) is 14.2. The maximum absolute atomic E-state index is 11.4. The van der Waals surface area contributed by atoms with Crippen LogP contribution in [0.3, 0.4) is 0 Å². The predicted molar refractivity (Wildman–Crippen MR) is 92.6 cm³/mol. The fourth-order valence-corrected chi connectivity index (χ4v) is 3.44. The smallest absolute Gasteiger partial charge is 0.211 e. The number of hydrogen-bond donors (Lipinski definition) is 3. The van der Waals surface area contributed by atoms with Crippen molar-refractivity contribution in [2.45, 2.75) is 52.9 Å². The van der Waals surface area contributed by atoms with E-state index in [1.165, 1.54) is 32.1 Å². The Labute approximate surface area is 135 Å². The molecular formula is C15H32N4O2S. The van der Waals surface area contributed by atoms with Gasteiger partial charge in [0.05, 0.1) is 5.75 Å². The third kappa shape index (κ3) is 6.52. The summed E-state index contributed by atoms with van der Waals surface area (Å²) in [6.45, 7) is 8.46. The summed E-state index contributed by atoms with van der Waals surface area (Å²) in [7, 11) is -3.12. The highest BCUT2D eigenvalue weighted by molar-refractivity contribution is 7.89. The van der Waals surface area contributed by atoms with Crippen LogP contribution in [0.25, 0.3) is 0 Å². The Morgan fingerprint density at radius 3 is 2.32 bits per heavy atom. The normalized spacial score (nSPS) is 18.4. The maximum Gasteiger partial charge on any atom is 0.211 e. The molecule has 130 valence electrons. The Kier molecular flexibility index (Phi) is 8.17. The molecule has 1 aliphatic rings. The summed E-state index contributed by atoms with van der Waals surface area (Å²) < 4.78 is 25.3. The molecule has 6 nitrogen and oxygen atoms in total. The number of nitrogens with one attached hydrogen (secondary N) is 3. The van der Waals surface area contributed by atoms with Crippen LogP contribution in [-0.4, -0.2) is 46.3 Å². The maximum atomic E-state index is 11.4. The third-order valence-electron chi connectivity index (χ3n) is 4.45. The number of rotatable bonds is 9. The van der Waals surface area contributed by atoms with Crippen LogP contribution in [0.4, 0.5) is 0 Å². The van der Waals surface area contributed by atoms with Crippen molar-refractivity contribution in [3.8, 4) is 0 Å². The van der Waals surface area contributed by atoms with Gasteiger partial charge < -0.3 is 10.6 Å². The molecule has 0 heterocycles. The van der Waals surface area contributed by atoms with Crippen molar-refractivity contribution < 1.29 is 8.42 Å². The average molecular weight is 333 g/mol. The molecule has 7 heteroatoms. The van der Waals surface area contributed by atoms with E-state index in [0.29, 0.717) is 18.5 Å². The quantitative estimate of drug-likeness (QED) is 0.339. The van der Waals surface area contributed by atoms with Gasteiger partial charge in [-0.1, -0.05) is 19.8 Å². The summed E-state index contributed by atoms with van der Waals surface area (Å²) in [6, 6.07) is 0. The summed E-state index contributed by atoms with van der Waals surface area (Å²) in [5.41, 5.74) is 0.367. The van der Waals surface area contributed by atoms with Crippen LogP contribution in [0.5, 0.6) is 0 Å². The molecule has 0 atom stereocenters. The number of aliphatic imine (C=N–C) groups is 1. The first-order valence-electron chi connectivity index (χ1n) is 8.46. The second-order valence-electron chi connectivity index (χ2n) is 5.98. The molecule has 0 amide bonds. The third-order valence-corrected chi connectivity index (χ3v) is 5.85. The lowest BCUT2D eigenvalue weighted by Gasteiger charge is -2.25. The molecule has 1 aliphatic carbocycles. The monoisotopic (exact) mass is 332 g/mol. The molecule has 0 aromatic carbocycles. The van der Waals surface area contributed by atoms with Gasteiger partial charge in [0.2, 0.25) is 10.0 Å². The molecule has 0 saturated heterocycles. The Bertz CT molecular complexity index is 442. The molecule has 0 aliphatic heterocycles. The molecule has 0 radical (unpaired) electrons. The molecule has 3 N–H and O–H groups in total. The zero-order chi connectivity index (χ0) is 16.5. The highest BCUT2D eigenvalue weighted by Gasteiger charge is 2.31. The predicted octanol–water partition coefficient (Wildman–Crippen LogP) is 1.45. The number of nitrogens with zero attached hydrogens (tertiary/aromatic N) is 1. The summed E-state index contributed by atoms with van der Waals surface area (Å²) in [5.74, 6) is 0.887. The molecule has 0 spiro atoms. The Hall–Kier alpha value is -0.820. The van der Waals surface area contributed by atoms with Crippen molar-refractivity contribution >= 4 is 16.0 Å². The van der Waals surface area contributed by atoms with Crippen LogP contribution < -0.4 is 15.4 Å². The van der Waals surface area contributed by atoms with E-state index in [0.717, 1.165) is 19.0 Å². The number of guanidine groups is 1. The van der Waals surface area contributed by atoms with Gasteiger partial charge >= 0.3 is 0 Å². The van der Waals surface area contributed by atoms with Crippen LogP contribution in [0, 0.1) is 5.41 Å². The molecule has 1 rings (SSSR count). The second-order valence-corrected chi connectivity index (χ2v) is 8.08. The topological polar surface area (TPSA) is 82.6 Å². The molecular weight excluding hydrogens is 300 g/mol. The SMILES string of the molecule is CCNC(=NCC1(CC)CCCC1)NCCNS(=O)(=O)CC. The summed E-state index contributed by atoms with van der Waals surface area (Å²) >= 11 is 0. The van der Waals surface area contributed by atoms with E-state index in [-0.39, 0.29) is 5.75 Å². The van der Waals surface area contributed by atoms with Gasteiger partial charge in [-0.05, 0) is 38.5 Å². The lowest BCUT2D eigenvalue weighted by Crippen LogP contribution is -2.42. The Balaban J connectivity index is 2.45. The first kappa shape index (κ1) is 19.2. The average Bonchev–Trinajstić information content (AvgIpc) is 2.98. The van der Waals surface area contributed by atoms with Crippen LogP contribution in [0.15, 0.2) is 4.99 Å². The molecule has 1 saturated carbocycles. The largest absolute Gasteiger partial charge is 0.357 e. The fourth-order valence-electron chi connectivity index (χ4n) is 2.83. The molecule has 22 heavy (non-hydrogen) atoms. The number of sulfonamides is 1. The highest BCUT2D eigenvalue weighted by atomic mass is 32.2. The second kappa shape index (κ2) is 9.35. The minimum Gasteiger partial charge on any atom is -0.357 e. The highest BCUT2D eigenvalue weighted by Crippen LogP contribution is 2.41. The van der Waals surface area contributed by atoms with Gasteiger partial charge in [-0.25, -0.2) is 13.1 Å². The van der Waals surface area contributed by atoms with Crippen molar-refractivity contribution in [3.63, 3.8) is 0 Å². The molecule has 0 unspecified atom stereocenters. The van der Waals surface area contributed by atoms with E-state index in [1.54, 1.807) is 6.92 Å². The van der Waals surface area contributed by atoms with Crippen molar-refractivity contribution in [2.75, 3.05) is 31.9 Å². The summed E-state index contributed by atoms with van der Waals surface area (Å²) in [4.78, 5) is 4.71. The minimum absolute atomic E-state index is 0.111. The molecule has 1 fully saturated rings. The van der Waals surface area contributed by atoms with Gasteiger partial charge in [-0.3, -0.25) is 4.99 Å². The zero-order valence-corrected chi connectivity index (χ0v) is 15.1. The standard InChI is InChI=1S/C15H32N4O2S/c1-4-15(9-7-8-10-15)13-18-14(16-5-2)17-11-12-19-22(20,21)6-3/h19H,4-13H2,1-3H3,(H2,16,17,18). The summed E-state index contributed by atoms with van der Waals surface area (Å²) in [5, 5.41) is 6.42. The molecule has 0 bridgehead atoms. The van der Waals surface area contributed by atoms with Crippen molar-refractivity contribution in [1.82, 2.24) is 15.4 Å². The van der Waals surface area contributed by atoms with Crippen LogP contribution >= 0.6 is 0 Å². The van der Waals surface area contributed by atoms with Gasteiger partial charge in [0.25, 0.3) is 0 Å². The molecule has 0 aromatic rings. The minimum atomic E-state index is -3.12. The van der Waals surface area contributed by atoms with Crippen LogP contribution in [0.2, 0.25) is 0 Å². The van der Waals surface area contributed by atoms with E-state index < -0.39 is 10.0 Å². The van der Waals surface area contributed by atoms with E-state index >= 15 is 0 Å². The lowest BCUT2D eigenvalue weighted by atomic mass is 9.84. The fraction of sp³-hybridized carbons (Fsp3) is 0.933.